The molecule has 0 aromatic heterocycles. The van der Waals surface area contributed by atoms with Gasteiger partial charge < -0.3 is 5.73 Å². The average Bonchev–Trinajstić information content (AvgIpc) is 2.41. The van der Waals surface area contributed by atoms with E-state index >= 15 is 0 Å². The topological polar surface area (TPSA) is 29.3 Å². The smallest absolute Gasteiger partial charge is 0.0250 e. The number of nitrogens with two attached hydrogens (primary N) is 1. The van der Waals surface area contributed by atoms with Crippen LogP contribution in [0.25, 0.3) is 0 Å². The number of rotatable bonds is 3. The molecule has 0 amide bonds. The standard InChI is InChI=1S/C17H34N2S/c1-13-12-20-10-9-19(13)16(11-18)14-5-7-15(8-6-14)17(2,3)4/h13-16H,5-12,18H2,1-4H3. The van der Waals surface area contributed by atoms with Crippen LogP contribution in [0.3, 0.4) is 0 Å². The van der Waals surface area contributed by atoms with Gasteiger partial charge in [-0.3, -0.25) is 4.90 Å². The summed E-state index contributed by atoms with van der Waals surface area (Å²) in [5, 5.41) is 0. The minimum atomic E-state index is 0.484. The van der Waals surface area contributed by atoms with Crippen LogP contribution in [0.5, 0.6) is 0 Å². The first kappa shape index (κ1) is 16.6. The molecule has 1 saturated carbocycles. The average molecular weight is 299 g/mol. The van der Waals surface area contributed by atoms with Crippen LogP contribution < -0.4 is 5.73 Å². The molecular weight excluding hydrogens is 264 g/mol. The number of hydrogen-bond acceptors (Lipinski definition) is 3. The fraction of sp³-hybridized carbons (Fsp3) is 1.00. The lowest BCUT2D eigenvalue weighted by Crippen LogP contribution is -2.53. The molecule has 0 aromatic rings. The molecule has 1 heterocycles. The monoisotopic (exact) mass is 298 g/mol. The molecule has 1 aliphatic heterocycles. The summed E-state index contributed by atoms with van der Waals surface area (Å²) in [5.74, 6) is 4.32. The maximum absolute atomic E-state index is 6.17. The van der Waals surface area contributed by atoms with E-state index in [0.717, 1.165) is 18.4 Å². The molecule has 3 heteroatoms. The zero-order valence-corrected chi connectivity index (χ0v) is 14.7. The molecule has 2 N–H and O–H groups in total. The Bertz CT molecular complexity index is 292. The molecule has 2 nitrogen and oxygen atoms in total. The zero-order chi connectivity index (χ0) is 14.8. The van der Waals surface area contributed by atoms with Crippen LogP contribution in [0, 0.1) is 17.3 Å². The molecule has 20 heavy (non-hydrogen) atoms. The van der Waals surface area contributed by atoms with E-state index in [9.17, 15) is 0 Å². The van der Waals surface area contributed by atoms with Crippen LogP contribution in [-0.2, 0) is 0 Å². The van der Waals surface area contributed by atoms with Crippen LogP contribution in [0.1, 0.15) is 53.4 Å². The van der Waals surface area contributed by atoms with E-state index < -0.39 is 0 Å². The van der Waals surface area contributed by atoms with E-state index in [-0.39, 0.29) is 0 Å². The lowest BCUT2D eigenvalue weighted by molar-refractivity contribution is 0.0675. The largest absolute Gasteiger partial charge is 0.329 e. The molecule has 2 atom stereocenters. The first-order valence-electron chi connectivity index (χ1n) is 8.47. The zero-order valence-electron chi connectivity index (χ0n) is 13.9. The third kappa shape index (κ3) is 3.92. The summed E-state index contributed by atoms with van der Waals surface area (Å²) in [4.78, 5) is 2.72. The number of thioether (sulfide) groups is 1. The molecule has 2 rings (SSSR count). The Kier molecular flexibility index (Phi) is 5.84. The molecule has 0 radical (unpaired) electrons. The van der Waals surface area contributed by atoms with Gasteiger partial charge in [-0.1, -0.05) is 20.8 Å². The van der Waals surface area contributed by atoms with Gasteiger partial charge in [0.25, 0.3) is 0 Å². The van der Waals surface area contributed by atoms with E-state index in [1.54, 1.807) is 0 Å². The molecule has 2 unspecified atom stereocenters. The molecule has 0 aromatic carbocycles. The van der Waals surface area contributed by atoms with Gasteiger partial charge in [0.05, 0.1) is 0 Å². The predicted octanol–water partition coefficient (Wildman–Crippen LogP) is 3.60. The van der Waals surface area contributed by atoms with Gasteiger partial charge in [0.15, 0.2) is 0 Å². The molecule has 1 saturated heterocycles. The second-order valence-electron chi connectivity index (χ2n) is 7.94. The van der Waals surface area contributed by atoms with E-state index in [4.69, 9.17) is 5.73 Å². The predicted molar refractivity (Wildman–Crippen MR) is 91.2 cm³/mol. The number of hydrogen-bond donors (Lipinski definition) is 1. The summed E-state index contributed by atoms with van der Waals surface area (Å²) in [6.07, 6.45) is 5.59. The Balaban J connectivity index is 1.93. The SMILES string of the molecule is CC1CSCCN1C(CN)C1CCC(C(C)(C)C)CC1. The third-order valence-electron chi connectivity index (χ3n) is 5.63. The van der Waals surface area contributed by atoms with Crippen molar-refractivity contribution in [3.05, 3.63) is 0 Å². The van der Waals surface area contributed by atoms with E-state index in [1.807, 2.05) is 0 Å². The van der Waals surface area contributed by atoms with Crippen LogP contribution >= 0.6 is 11.8 Å². The van der Waals surface area contributed by atoms with Gasteiger partial charge in [0.2, 0.25) is 0 Å². The fourth-order valence-corrected chi connectivity index (χ4v) is 5.24. The molecule has 118 valence electrons. The molecule has 0 bridgehead atoms. The van der Waals surface area contributed by atoms with Crippen LogP contribution in [0.2, 0.25) is 0 Å². The quantitative estimate of drug-likeness (QED) is 0.863. The van der Waals surface area contributed by atoms with Crippen LogP contribution in [-0.4, -0.2) is 41.6 Å². The van der Waals surface area contributed by atoms with E-state index in [2.05, 4.69) is 44.4 Å². The molecular formula is C17H34N2S. The summed E-state index contributed by atoms with van der Waals surface area (Å²) >= 11 is 2.10. The van der Waals surface area contributed by atoms with E-state index in [0.29, 0.717) is 17.5 Å². The van der Waals surface area contributed by atoms with Crippen molar-refractivity contribution < 1.29 is 0 Å². The van der Waals surface area contributed by atoms with Gasteiger partial charge in [-0.15, -0.1) is 0 Å². The van der Waals surface area contributed by atoms with Crippen molar-refractivity contribution in [2.75, 3.05) is 24.6 Å². The first-order chi connectivity index (χ1) is 9.43. The fourth-order valence-electron chi connectivity index (χ4n) is 4.20. The van der Waals surface area contributed by atoms with Gasteiger partial charge in [-0.2, -0.15) is 11.8 Å². The minimum absolute atomic E-state index is 0.484. The summed E-state index contributed by atoms with van der Waals surface area (Å²) in [6.45, 7) is 11.7. The second-order valence-corrected chi connectivity index (χ2v) is 9.09. The maximum atomic E-state index is 6.17. The Morgan fingerprint density at radius 2 is 1.85 bits per heavy atom. The summed E-state index contributed by atoms with van der Waals surface area (Å²) in [6, 6.07) is 1.34. The minimum Gasteiger partial charge on any atom is -0.329 e. The van der Waals surface area contributed by atoms with Crippen molar-refractivity contribution in [3.63, 3.8) is 0 Å². The van der Waals surface area contributed by atoms with Crippen LogP contribution in [0.4, 0.5) is 0 Å². The summed E-state index contributed by atoms with van der Waals surface area (Å²) in [7, 11) is 0. The lowest BCUT2D eigenvalue weighted by Gasteiger charge is -2.46. The van der Waals surface area contributed by atoms with Gasteiger partial charge in [0.1, 0.15) is 0 Å². The highest BCUT2D eigenvalue weighted by Crippen LogP contribution is 2.41. The van der Waals surface area contributed by atoms with Gasteiger partial charge in [-0.25, -0.2) is 0 Å². The highest BCUT2D eigenvalue weighted by atomic mass is 32.2. The second kappa shape index (κ2) is 7.02. The highest BCUT2D eigenvalue weighted by Gasteiger charge is 2.36. The Morgan fingerprint density at radius 3 is 2.35 bits per heavy atom. The lowest BCUT2D eigenvalue weighted by atomic mass is 9.68. The molecule has 2 aliphatic rings. The van der Waals surface area contributed by atoms with Gasteiger partial charge in [0, 0.05) is 36.7 Å². The van der Waals surface area contributed by atoms with Gasteiger partial charge >= 0.3 is 0 Å². The van der Waals surface area contributed by atoms with Crippen LogP contribution in [0.15, 0.2) is 0 Å². The molecule has 2 fully saturated rings. The van der Waals surface area contributed by atoms with Crippen molar-refractivity contribution in [1.29, 1.82) is 0 Å². The summed E-state index contributed by atoms with van der Waals surface area (Å²) in [5.41, 5.74) is 6.65. The molecule has 0 spiro atoms. The Labute approximate surface area is 130 Å². The summed E-state index contributed by atoms with van der Waals surface area (Å²) < 4.78 is 0. The van der Waals surface area contributed by atoms with Crippen molar-refractivity contribution in [1.82, 2.24) is 4.90 Å². The first-order valence-corrected chi connectivity index (χ1v) is 9.62. The van der Waals surface area contributed by atoms with E-state index in [1.165, 1.54) is 43.7 Å². The van der Waals surface area contributed by atoms with Gasteiger partial charge in [-0.05, 0) is 49.9 Å². The van der Waals surface area contributed by atoms with Crippen molar-refractivity contribution in [3.8, 4) is 0 Å². The number of nitrogens with zero attached hydrogens (tertiary/aromatic N) is 1. The molecule has 1 aliphatic carbocycles. The van der Waals surface area contributed by atoms with Crippen molar-refractivity contribution in [2.45, 2.75) is 65.5 Å². The normalized spacial score (nSPS) is 35.0. The van der Waals surface area contributed by atoms with Crippen molar-refractivity contribution in [2.24, 2.45) is 23.0 Å². The van der Waals surface area contributed by atoms with Crippen molar-refractivity contribution >= 4 is 11.8 Å². The maximum Gasteiger partial charge on any atom is 0.0250 e. The third-order valence-corrected chi connectivity index (χ3v) is 6.82. The Morgan fingerprint density at radius 1 is 1.20 bits per heavy atom. The highest BCUT2D eigenvalue weighted by molar-refractivity contribution is 7.99. The Hall–Kier alpha value is 0.270.